The Balaban J connectivity index is 1.82. The first-order valence-corrected chi connectivity index (χ1v) is 7.74. The van der Waals surface area contributed by atoms with Crippen molar-refractivity contribution in [3.05, 3.63) is 54.2 Å². The van der Waals surface area contributed by atoms with Crippen molar-refractivity contribution in [2.24, 2.45) is 0 Å². The van der Waals surface area contributed by atoms with E-state index in [9.17, 15) is 14.7 Å². The van der Waals surface area contributed by atoms with Crippen LogP contribution in [0.3, 0.4) is 0 Å². The molecule has 24 heavy (non-hydrogen) atoms. The number of aliphatic hydroxyl groups excluding tert-OH is 1. The number of esters is 1. The first kappa shape index (κ1) is 17.6. The lowest BCUT2D eigenvalue weighted by molar-refractivity contribution is -0.157. The molecule has 1 amide bonds. The minimum Gasteiger partial charge on any atom is -0.464 e. The number of carbonyl (C=O) groups is 2. The van der Waals surface area contributed by atoms with Crippen molar-refractivity contribution >= 4 is 11.9 Å². The molecule has 0 radical (unpaired) electrons. The van der Waals surface area contributed by atoms with E-state index in [2.05, 4.69) is 15.0 Å². The molecular formula is C18H20N2O4. The fourth-order valence-electron chi connectivity index (χ4n) is 2.11. The number of ether oxygens (including phenoxy) is 1. The second-order valence-corrected chi connectivity index (χ2v) is 5.11. The summed E-state index contributed by atoms with van der Waals surface area (Å²) in [4.78, 5) is 27.3. The van der Waals surface area contributed by atoms with Gasteiger partial charge in [0.1, 0.15) is 0 Å². The molecule has 0 aliphatic heterocycles. The quantitative estimate of drug-likeness (QED) is 0.591. The summed E-state index contributed by atoms with van der Waals surface area (Å²) in [5.74, 6) is -1.70. The Kier molecular flexibility index (Phi) is 6.45. The maximum Gasteiger partial charge on any atom is 0.344 e. The van der Waals surface area contributed by atoms with Crippen molar-refractivity contribution in [2.45, 2.75) is 19.4 Å². The third-order valence-electron chi connectivity index (χ3n) is 3.37. The van der Waals surface area contributed by atoms with Gasteiger partial charge in [-0.05, 0) is 25.0 Å². The highest BCUT2D eigenvalue weighted by molar-refractivity contribution is 6.00. The fraction of sp³-hybridized carbons (Fsp3) is 0.278. The normalized spacial score (nSPS) is 11.6. The lowest BCUT2D eigenvalue weighted by Crippen LogP contribution is -2.41. The highest BCUT2D eigenvalue weighted by Gasteiger charge is 2.24. The summed E-state index contributed by atoms with van der Waals surface area (Å²) < 4.78 is 4.58. The summed E-state index contributed by atoms with van der Waals surface area (Å²) in [6.45, 7) is 2.01. The maximum absolute atomic E-state index is 11.6. The number of rotatable bonds is 7. The number of aliphatic hydroxyl groups is 1. The lowest BCUT2D eigenvalue weighted by atomic mass is 10.1. The molecule has 6 heteroatoms. The molecule has 0 aliphatic rings. The van der Waals surface area contributed by atoms with Crippen LogP contribution in [0.1, 0.15) is 12.5 Å². The second kappa shape index (κ2) is 8.79. The molecule has 2 N–H and O–H groups in total. The van der Waals surface area contributed by atoms with Crippen molar-refractivity contribution in [3.8, 4) is 11.3 Å². The second-order valence-electron chi connectivity index (χ2n) is 5.11. The van der Waals surface area contributed by atoms with Crippen LogP contribution in [0.5, 0.6) is 0 Å². The van der Waals surface area contributed by atoms with Crippen LogP contribution in [0.2, 0.25) is 0 Å². The molecule has 1 aromatic heterocycles. The SMILES string of the molecule is CCOC(=O)C(O)C(=O)NCCc1ccc(-c2ccccc2)nc1. The van der Waals surface area contributed by atoms with Crippen LogP contribution in [-0.2, 0) is 20.7 Å². The van der Waals surface area contributed by atoms with Gasteiger partial charge in [0.25, 0.3) is 5.91 Å². The average Bonchev–Trinajstić information content (AvgIpc) is 2.62. The van der Waals surface area contributed by atoms with Crippen LogP contribution in [0.4, 0.5) is 0 Å². The number of aromatic nitrogens is 1. The Morgan fingerprint density at radius 1 is 1.21 bits per heavy atom. The van der Waals surface area contributed by atoms with Gasteiger partial charge in [0, 0.05) is 18.3 Å². The van der Waals surface area contributed by atoms with Crippen LogP contribution < -0.4 is 5.32 Å². The van der Waals surface area contributed by atoms with E-state index in [1.54, 1.807) is 13.1 Å². The zero-order valence-corrected chi connectivity index (χ0v) is 13.4. The highest BCUT2D eigenvalue weighted by Crippen LogP contribution is 2.16. The van der Waals surface area contributed by atoms with Gasteiger partial charge in [0.15, 0.2) is 0 Å². The molecule has 126 valence electrons. The van der Waals surface area contributed by atoms with Gasteiger partial charge in [0.2, 0.25) is 6.10 Å². The minimum absolute atomic E-state index is 0.114. The molecule has 0 aliphatic carbocycles. The van der Waals surface area contributed by atoms with Gasteiger partial charge in [-0.15, -0.1) is 0 Å². The molecule has 1 unspecified atom stereocenters. The van der Waals surface area contributed by atoms with E-state index >= 15 is 0 Å². The Morgan fingerprint density at radius 2 is 1.96 bits per heavy atom. The number of amides is 1. The number of nitrogens with one attached hydrogen (secondary N) is 1. The molecule has 2 rings (SSSR count). The monoisotopic (exact) mass is 328 g/mol. The van der Waals surface area contributed by atoms with Gasteiger partial charge in [-0.1, -0.05) is 36.4 Å². The summed E-state index contributed by atoms with van der Waals surface area (Å²) in [5, 5.41) is 12.0. The number of pyridine rings is 1. The van der Waals surface area contributed by atoms with Gasteiger partial charge in [0.05, 0.1) is 12.3 Å². The van der Waals surface area contributed by atoms with Crippen LogP contribution >= 0.6 is 0 Å². The number of carbonyl (C=O) groups excluding carboxylic acids is 2. The zero-order valence-electron chi connectivity index (χ0n) is 13.4. The average molecular weight is 328 g/mol. The standard InChI is InChI=1S/C18H20N2O4/c1-2-24-18(23)16(21)17(22)19-11-10-13-8-9-15(20-12-13)14-6-4-3-5-7-14/h3-9,12,16,21H,2,10-11H2,1H3,(H,19,22). The molecule has 2 aromatic rings. The van der Waals surface area contributed by atoms with E-state index in [1.165, 1.54) is 0 Å². The predicted molar refractivity (Wildman–Crippen MR) is 89.0 cm³/mol. The summed E-state index contributed by atoms with van der Waals surface area (Å²) in [7, 11) is 0. The molecule has 0 bridgehead atoms. The van der Waals surface area contributed by atoms with Gasteiger partial charge < -0.3 is 15.2 Å². The van der Waals surface area contributed by atoms with Crippen LogP contribution in [-0.4, -0.2) is 41.2 Å². The Labute approximate surface area is 140 Å². The molecule has 0 saturated heterocycles. The molecule has 1 atom stereocenters. The van der Waals surface area contributed by atoms with Crippen molar-refractivity contribution in [1.82, 2.24) is 10.3 Å². The van der Waals surface area contributed by atoms with Crippen LogP contribution in [0.15, 0.2) is 48.7 Å². The summed E-state index contributed by atoms with van der Waals surface area (Å²) in [6.07, 6.45) is 0.503. The summed E-state index contributed by atoms with van der Waals surface area (Å²) in [6, 6.07) is 13.7. The van der Waals surface area contributed by atoms with Crippen molar-refractivity contribution in [2.75, 3.05) is 13.2 Å². The van der Waals surface area contributed by atoms with Gasteiger partial charge in [-0.3, -0.25) is 9.78 Å². The van der Waals surface area contributed by atoms with Crippen molar-refractivity contribution < 1.29 is 19.4 Å². The minimum atomic E-state index is -1.79. The van der Waals surface area contributed by atoms with Crippen LogP contribution in [0.25, 0.3) is 11.3 Å². The summed E-state index contributed by atoms with van der Waals surface area (Å²) in [5.41, 5.74) is 2.86. The molecule has 0 fully saturated rings. The van der Waals surface area contributed by atoms with E-state index in [-0.39, 0.29) is 6.61 Å². The lowest BCUT2D eigenvalue weighted by Gasteiger charge is -2.10. The molecular weight excluding hydrogens is 308 g/mol. The number of hydrogen-bond acceptors (Lipinski definition) is 5. The van der Waals surface area contributed by atoms with Gasteiger partial charge in [-0.2, -0.15) is 0 Å². The van der Waals surface area contributed by atoms with E-state index in [1.807, 2.05) is 42.5 Å². The Morgan fingerprint density at radius 3 is 2.58 bits per heavy atom. The number of hydrogen-bond donors (Lipinski definition) is 2. The van der Waals surface area contributed by atoms with Gasteiger partial charge >= 0.3 is 5.97 Å². The largest absolute Gasteiger partial charge is 0.464 e. The summed E-state index contributed by atoms with van der Waals surface area (Å²) >= 11 is 0. The third-order valence-corrected chi connectivity index (χ3v) is 3.37. The maximum atomic E-state index is 11.6. The van der Waals surface area contributed by atoms with Crippen molar-refractivity contribution in [1.29, 1.82) is 0 Å². The van der Waals surface area contributed by atoms with E-state index in [0.29, 0.717) is 13.0 Å². The van der Waals surface area contributed by atoms with Crippen LogP contribution in [0, 0.1) is 0 Å². The smallest absolute Gasteiger partial charge is 0.344 e. The Bertz CT molecular complexity index is 671. The zero-order chi connectivity index (χ0) is 17.4. The first-order chi connectivity index (χ1) is 11.6. The van der Waals surface area contributed by atoms with Gasteiger partial charge in [-0.25, -0.2) is 4.79 Å². The topological polar surface area (TPSA) is 88.5 Å². The number of nitrogens with zero attached hydrogens (tertiary/aromatic N) is 1. The van der Waals surface area contributed by atoms with Crippen molar-refractivity contribution in [3.63, 3.8) is 0 Å². The molecule has 0 saturated carbocycles. The Hall–Kier alpha value is -2.73. The predicted octanol–water partition coefficient (Wildman–Crippen LogP) is 1.33. The number of benzene rings is 1. The molecule has 1 aromatic carbocycles. The van der Waals surface area contributed by atoms with E-state index in [4.69, 9.17) is 0 Å². The molecule has 1 heterocycles. The van der Waals surface area contributed by atoms with E-state index in [0.717, 1.165) is 16.8 Å². The fourth-order valence-corrected chi connectivity index (χ4v) is 2.11. The first-order valence-electron chi connectivity index (χ1n) is 7.74. The highest BCUT2D eigenvalue weighted by atomic mass is 16.5. The third kappa shape index (κ3) is 4.89. The van der Waals surface area contributed by atoms with E-state index < -0.39 is 18.0 Å². The molecule has 6 nitrogen and oxygen atoms in total. The molecule has 0 spiro atoms.